The Balaban J connectivity index is 0.00000169. The molecule has 2 aromatic heterocycles. The summed E-state index contributed by atoms with van der Waals surface area (Å²) >= 11 is 0. The molecule has 25 heavy (non-hydrogen) atoms. The minimum absolute atomic E-state index is 0. The molecule has 0 unspecified atom stereocenters. The first kappa shape index (κ1) is 19.7. The summed E-state index contributed by atoms with van der Waals surface area (Å²) in [5.41, 5.74) is 3.67. The predicted octanol–water partition coefficient (Wildman–Crippen LogP) is 1.17. The number of pyridine rings is 2. The molecule has 0 radical (unpaired) electrons. The molecule has 0 bridgehead atoms. The molecule has 0 atom stereocenters. The summed E-state index contributed by atoms with van der Waals surface area (Å²) in [6.45, 7) is 6.05. The minimum atomic E-state index is -0.176. The summed E-state index contributed by atoms with van der Waals surface area (Å²) in [5, 5.41) is 11.2. The Morgan fingerprint density at radius 1 is 1.16 bits per heavy atom. The Morgan fingerprint density at radius 3 is 2.48 bits per heavy atom. The van der Waals surface area contributed by atoms with Gasteiger partial charge in [0.25, 0.3) is 5.56 Å². The van der Waals surface area contributed by atoms with Crippen LogP contribution in [0.4, 0.5) is 0 Å². The van der Waals surface area contributed by atoms with Gasteiger partial charge in [0.1, 0.15) is 5.75 Å². The van der Waals surface area contributed by atoms with E-state index in [1.165, 1.54) is 0 Å². The van der Waals surface area contributed by atoms with Crippen LogP contribution in [0.1, 0.15) is 37.9 Å². The number of hydrogen-bond donors (Lipinski definition) is 1. The second kappa shape index (κ2) is 8.17. The van der Waals surface area contributed by atoms with Crippen molar-refractivity contribution < 1.29 is 36.1 Å². The van der Waals surface area contributed by atoms with Crippen molar-refractivity contribution >= 4 is 11.0 Å². The maximum Gasteiger partial charge on any atom is 1.00 e. The monoisotopic (exact) mass is 346 g/mol. The third-order valence-electron chi connectivity index (χ3n) is 4.44. The molecule has 0 fully saturated rings. The van der Waals surface area contributed by atoms with Crippen molar-refractivity contribution in [3.05, 3.63) is 63.6 Å². The third-order valence-corrected chi connectivity index (χ3v) is 4.44. The van der Waals surface area contributed by atoms with Gasteiger partial charge in [-0.05, 0) is 49.9 Å². The summed E-state index contributed by atoms with van der Waals surface area (Å²) < 4.78 is 1.66. The number of unbranched alkanes of at least 4 members (excludes halogenated alkanes) is 1. The van der Waals surface area contributed by atoms with Gasteiger partial charge < -0.3 is 6.53 Å². The van der Waals surface area contributed by atoms with Crippen molar-refractivity contribution in [3.63, 3.8) is 0 Å². The fourth-order valence-corrected chi connectivity index (χ4v) is 3.20. The summed E-state index contributed by atoms with van der Waals surface area (Å²) in [6.07, 6.45) is 4.04. The van der Waals surface area contributed by atoms with Gasteiger partial charge in [-0.1, -0.05) is 31.5 Å². The summed E-state index contributed by atoms with van der Waals surface area (Å²) in [6, 6.07) is 9.55. The number of nitrogens with zero attached hydrogens (tertiary/aromatic N) is 2. The van der Waals surface area contributed by atoms with Crippen LogP contribution in [0.15, 0.2) is 41.3 Å². The maximum absolute atomic E-state index is 13.2. The topological polar surface area (TPSA) is 55.1 Å². The van der Waals surface area contributed by atoms with E-state index >= 15 is 0 Å². The molecule has 1 N–H and O–H groups in total. The third kappa shape index (κ3) is 3.52. The van der Waals surface area contributed by atoms with Crippen molar-refractivity contribution in [2.45, 2.75) is 40.0 Å². The van der Waals surface area contributed by atoms with Crippen molar-refractivity contribution in [2.24, 2.45) is 0 Å². The molecule has 126 valence electrons. The number of aromatic nitrogens is 2. The molecule has 3 aromatic rings. The van der Waals surface area contributed by atoms with Gasteiger partial charge in [0, 0.05) is 6.20 Å². The van der Waals surface area contributed by atoms with Crippen LogP contribution in [0, 0.1) is 13.8 Å². The number of aryl methyl sites for hydroxylation is 2. The van der Waals surface area contributed by atoms with Crippen LogP contribution in [-0.2, 0) is 6.42 Å². The van der Waals surface area contributed by atoms with Gasteiger partial charge in [-0.25, -0.2) is 4.98 Å². The van der Waals surface area contributed by atoms with Crippen molar-refractivity contribution in [1.82, 2.24) is 9.55 Å². The standard InChI is InChI=1S/C20H22N2O2.Na.H/c1-4-5-10-16-18(23)15-11-7-12-21-19(15)22(20(16)24)17-13(2)8-6-9-14(17)3;;/h6-9,11-12,23H,4-5,10H2,1-3H3;;/q;+1;-1. The molecular weight excluding hydrogens is 323 g/mol. The molecule has 0 amide bonds. The molecule has 0 aliphatic carbocycles. The number of benzene rings is 1. The largest absolute Gasteiger partial charge is 1.00 e. The van der Waals surface area contributed by atoms with Gasteiger partial charge in [0.15, 0.2) is 5.65 Å². The van der Waals surface area contributed by atoms with E-state index in [0.29, 0.717) is 23.0 Å². The normalized spacial score (nSPS) is 10.7. The van der Waals surface area contributed by atoms with E-state index in [9.17, 15) is 9.90 Å². The number of hydrogen-bond acceptors (Lipinski definition) is 3. The van der Waals surface area contributed by atoms with Gasteiger partial charge in [-0.2, -0.15) is 0 Å². The zero-order valence-corrected chi connectivity index (χ0v) is 17.3. The van der Waals surface area contributed by atoms with Gasteiger partial charge in [-0.3, -0.25) is 9.36 Å². The van der Waals surface area contributed by atoms with E-state index in [1.807, 2.05) is 38.1 Å². The van der Waals surface area contributed by atoms with E-state index in [0.717, 1.165) is 29.7 Å². The SMILES string of the molecule is CCCCc1c(O)c2cccnc2n(-c2c(C)cccc2C)c1=O.[H-].[Na+]. The van der Waals surface area contributed by atoms with Gasteiger partial charge >= 0.3 is 29.6 Å². The summed E-state index contributed by atoms with van der Waals surface area (Å²) in [4.78, 5) is 17.6. The zero-order chi connectivity index (χ0) is 17.3. The van der Waals surface area contributed by atoms with Crippen LogP contribution in [0.25, 0.3) is 16.7 Å². The van der Waals surface area contributed by atoms with Gasteiger partial charge in [-0.15, -0.1) is 0 Å². The molecule has 0 saturated carbocycles. The molecule has 3 rings (SSSR count). The molecule has 0 spiro atoms. The molecule has 4 nitrogen and oxygen atoms in total. The fourth-order valence-electron chi connectivity index (χ4n) is 3.20. The van der Waals surface area contributed by atoms with Crippen LogP contribution < -0.4 is 35.1 Å². The molecule has 1 aromatic carbocycles. The van der Waals surface area contributed by atoms with E-state index in [1.54, 1.807) is 16.8 Å². The predicted molar refractivity (Wildman–Crippen MR) is 98.2 cm³/mol. The Bertz CT molecular complexity index is 950. The van der Waals surface area contributed by atoms with Crippen molar-refractivity contribution in [3.8, 4) is 11.4 Å². The van der Waals surface area contributed by atoms with Crippen LogP contribution >= 0.6 is 0 Å². The van der Waals surface area contributed by atoms with Crippen molar-refractivity contribution in [1.29, 1.82) is 0 Å². The number of fused-ring (bicyclic) bond motifs is 1. The van der Waals surface area contributed by atoms with Crippen molar-refractivity contribution in [2.75, 3.05) is 0 Å². The average molecular weight is 346 g/mol. The van der Waals surface area contributed by atoms with E-state index in [4.69, 9.17) is 0 Å². The molecule has 0 aliphatic rings. The van der Waals surface area contributed by atoms with E-state index in [-0.39, 0.29) is 42.3 Å². The second-order valence-electron chi connectivity index (χ2n) is 6.19. The first-order chi connectivity index (χ1) is 11.6. The van der Waals surface area contributed by atoms with Crippen LogP contribution in [-0.4, -0.2) is 14.7 Å². The molecule has 0 saturated heterocycles. The van der Waals surface area contributed by atoms with Crippen LogP contribution in [0.5, 0.6) is 5.75 Å². The van der Waals surface area contributed by atoms with E-state index in [2.05, 4.69) is 11.9 Å². The molecule has 2 heterocycles. The molecule has 0 aliphatic heterocycles. The smallest absolute Gasteiger partial charge is 1.00 e. The fraction of sp³-hybridized carbons (Fsp3) is 0.300. The van der Waals surface area contributed by atoms with Gasteiger partial charge in [0.05, 0.1) is 16.6 Å². The molecule has 5 heteroatoms. The number of rotatable bonds is 4. The summed E-state index contributed by atoms with van der Waals surface area (Å²) in [7, 11) is 0. The summed E-state index contributed by atoms with van der Waals surface area (Å²) in [5.74, 6) is 0.0686. The minimum Gasteiger partial charge on any atom is -1.00 e. The van der Waals surface area contributed by atoms with Gasteiger partial charge in [0.2, 0.25) is 0 Å². The first-order valence-corrected chi connectivity index (χ1v) is 8.34. The first-order valence-electron chi connectivity index (χ1n) is 8.34. The maximum atomic E-state index is 13.2. The number of aromatic hydroxyl groups is 1. The number of para-hydroxylation sites is 1. The zero-order valence-electron chi connectivity index (χ0n) is 16.3. The Morgan fingerprint density at radius 2 is 1.84 bits per heavy atom. The second-order valence-corrected chi connectivity index (χ2v) is 6.19. The Kier molecular flexibility index (Phi) is 6.44. The average Bonchev–Trinajstić information content (AvgIpc) is 2.57. The van der Waals surface area contributed by atoms with Crippen LogP contribution in [0.2, 0.25) is 0 Å². The quantitative estimate of drug-likeness (QED) is 0.722. The Labute approximate surface area is 171 Å². The molecular formula is C20H23N2NaO2. The van der Waals surface area contributed by atoms with Crippen LogP contribution in [0.3, 0.4) is 0 Å². The van der Waals surface area contributed by atoms with E-state index < -0.39 is 0 Å². The Hall–Kier alpha value is -1.62.